The van der Waals surface area contributed by atoms with Crippen LogP contribution >= 0.6 is 23.1 Å². The second-order valence-corrected chi connectivity index (χ2v) is 8.80. The molecule has 2 aliphatic heterocycles. The molecule has 1 aromatic heterocycles. The summed E-state index contributed by atoms with van der Waals surface area (Å²) in [6.45, 7) is 1.89. The summed E-state index contributed by atoms with van der Waals surface area (Å²) >= 11 is 2.66. The Morgan fingerprint density at radius 1 is 1.32 bits per heavy atom. The van der Waals surface area contributed by atoms with Gasteiger partial charge in [0.2, 0.25) is 6.79 Å². The SMILES string of the molecule is COC(=O)C1C(C)=NC(SCC(=O)c2ccc3c(c2)OCO3)=C(C#N)[C@H]1c1cccs1. The number of allylic oxidation sites excluding steroid dienone is 1. The molecule has 7 nitrogen and oxygen atoms in total. The van der Waals surface area contributed by atoms with Crippen LogP contribution in [0.3, 0.4) is 0 Å². The molecule has 0 bridgehead atoms. The van der Waals surface area contributed by atoms with Crippen molar-refractivity contribution in [1.29, 1.82) is 5.26 Å². The average molecular weight is 455 g/mol. The molecular weight excluding hydrogens is 436 g/mol. The van der Waals surface area contributed by atoms with Crippen molar-refractivity contribution in [2.75, 3.05) is 19.7 Å². The van der Waals surface area contributed by atoms with Gasteiger partial charge in [-0.2, -0.15) is 5.26 Å². The molecule has 2 aromatic rings. The minimum atomic E-state index is -0.674. The number of thioether (sulfide) groups is 1. The lowest BCUT2D eigenvalue weighted by Crippen LogP contribution is -2.33. The number of carbonyl (C=O) groups excluding carboxylic acids is 2. The lowest BCUT2D eigenvalue weighted by Gasteiger charge is -2.28. The van der Waals surface area contributed by atoms with Crippen LogP contribution in [0.4, 0.5) is 0 Å². The first-order valence-electron chi connectivity index (χ1n) is 9.39. The Morgan fingerprint density at radius 2 is 2.13 bits per heavy atom. The van der Waals surface area contributed by atoms with Crippen LogP contribution < -0.4 is 9.47 Å². The number of ketones is 1. The largest absolute Gasteiger partial charge is 0.468 e. The van der Waals surface area contributed by atoms with Gasteiger partial charge in [0, 0.05) is 22.1 Å². The fourth-order valence-electron chi connectivity index (χ4n) is 3.55. The maximum Gasteiger partial charge on any atom is 0.315 e. The van der Waals surface area contributed by atoms with Crippen molar-refractivity contribution in [3.8, 4) is 17.6 Å². The highest BCUT2D eigenvalue weighted by atomic mass is 32.2. The Kier molecular flexibility index (Phi) is 6.11. The van der Waals surface area contributed by atoms with E-state index in [9.17, 15) is 14.9 Å². The van der Waals surface area contributed by atoms with Gasteiger partial charge in [-0.1, -0.05) is 17.8 Å². The van der Waals surface area contributed by atoms with Gasteiger partial charge in [0.05, 0.1) is 24.5 Å². The third-order valence-corrected chi connectivity index (χ3v) is 7.01. The van der Waals surface area contributed by atoms with Crippen LogP contribution in [0, 0.1) is 17.2 Å². The summed E-state index contributed by atoms with van der Waals surface area (Å²) in [7, 11) is 1.32. The van der Waals surface area contributed by atoms with Crippen molar-refractivity contribution in [3.05, 3.63) is 56.8 Å². The van der Waals surface area contributed by atoms with Crippen LogP contribution in [0.15, 0.2) is 51.3 Å². The predicted molar refractivity (Wildman–Crippen MR) is 118 cm³/mol. The first kappa shape index (κ1) is 21.2. The molecule has 0 fully saturated rings. The summed E-state index contributed by atoms with van der Waals surface area (Å²) in [5.41, 5.74) is 1.42. The maximum atomic E-state index is 12.7. The van der Waals surface area contributed by atoms with Crippen molar-refractivity contribution in [2.45, 2.75) is 12.8 Å². The zero-order valence-electron chi connectivity index (χ0n) is 16.8. The lowest BCUT2D eigenvalue weighted by atomic mass is 9.81. The Bertz CT molecular complexity index is 1130. The van der Waals surface area contributed by atoms with E-state index in [2.05, 4.69) is 11.1 Å². The molecule has 31 heavy (non-hydrogen) atoms. The second-order valence-electron chi connectivity index (χ2n) is 6.86. The summed E-state index contributed by atoms with van der Waals surface area (Å²) in [4.78, 5) is 30.6. The number of nitrogens with zero attached hydrogens (tertiary/aromatic N) is 2. The molecule has 158 valence electrons. The molecule has 4 rings (SSSR count). The monoisotopic (exact) mass is 454 g/mol. The molecule has 0 radical (unpaired) electrons. The highest BCUT2D eigenvalue weighted by Gasteiger charge is 2.40. The molecule has 0 saturated carbocycles. The topological polar surface area (TPSA) is 98.0 Å². The number of esters is 1. The maximum absolute atomic E-state index is 12.7. The molecule has 0 spiro atoms. The number of methoxy groups -OCH3 is 1. The molecular formula is C22H18N2O5S2. The third-order valence-electron chi connectivity index (χ3n) is 5.06. The van der Waals surface area contributed by atoms with E-state index >= 15 is 0 Å². The number of fused-ring (bicyclic) bond motifs is 1. The van der Waals surface area contributed by atoms with Crippen molar-refractivity contribution in [1.82, 2.24) is 0 Å². The molecule has 3 heterocycles. The van der Waals surface area contributed by atoms with Crippen LogP contribution in [-0.4, -0.2) is 37.1 Å². The predicted octanol–water partition coefficient (Wildman–Crippen LogP) is 4.18. The molecule has 9 heteroatoms. The minimum absolute atomic E-state index is 0.0942. The fraction of sp³-hybridized carbons (Fsp3) is 0.273. The van der Waals surface area contributed by atoms with Crippen molar-refractivity contribution < 1.29 is 23.8 Å². The molecule has 0 amide bonds. The summed E-state index contributed by atoms with van der Waals surface area (Å²) < 4.78 is 15.6. The van der Waals surface area contributed by atoms with E-state index in [-0.39, 0.29) is 18.3 Å². The van der Waals surface area contributed by atoms with E-state index in [1.165, 1.54) is 30.2 Å². The Hall–Kier alpha value is -3.09. The molecule has 2 aliphatic rings. The number of hydrogen-bond acceptors (Lipinski definition) is 9. The zero-order chi connectivity index (χ0) is 22.0. The van der Waals surface area contributed by atoms with Gasteiger partial charge >= 0.3 is 5.97 Å². The van der Waals surface area contributed by atoms with Crippen LogP contribution in [0.2, 0.25) is 0 Å². The van der Waals surface area contributed by atoms with Gasteiger partial charge in [-0.3, -0.25) is 9.59 Å². The van der Waals surface area contributed by atoms with Gasteiger partial charge in [0.25, 0.3) is 0 Å². The second kappa shape index (κ2) is 8.96. The standard InChI is InChI=1S/C22H18N2O5S2/c1-12-19(22(26)27-2)20(18-4-3-7-30-18)14(9-23)21(24-12)31-10-15(25)13-5-6-16-17(8-13)29-11-28-16/h3-8,19-20H,10-11H2,1-2H3/t19?,20-/m0/s1. The fourth-order valence-corrected chi connectivity index (χ4v) is 5.40. The number of hydrogen-bond donors (Lipinski definition) is 0. The number of rotatable bonds is 6. The van der Waals surface area contributed by atoms with E-state index in [1.54, 1.807) is 25.1 Å². The van der Waals surface area contributed by atoms with Crippen molar-refractivity contribution in [3.63, 3.8) is 0 Å². The van der Waals surface area contributed by atoms with Crippen molar-refractivity contribution >= 4 is 40.6 Å². The summed E-state index contributed by atoms with van der Waals surface area (Å²) in [6.07, 6.45) is 0. The number of ether oxygens (including phenoxy) is 3. The van der Waals surface area contributed by atoms with Crippen LogP contribution in [0.25, 0.3) is 0 Å². The molecule has 0 N–H and O–H groups in total. The Labute approximate surface area is 187 Å². The summed E-state index contributed by atoms with van der Waals surface area (Å²) in [5, 5.41) is 12.3. The molecule has 2 atom stereocenters. The molecule has 0 aliphatic carbocycles. The smallest absolute Gasteiger partial charge is 0.315 e. The van der Waals surface area contributed by atoms with Gasteiger partial charge in [-0.05, 0) is 36.6 Å². The van der Waals surface area contributed by atoms with E-state index in [0.29, 0.717) is 33.4 Å². The number of aliphatic imine (C=N–C) groups is 1. The van der Waals surface area contributed by atoms with Crippen molar-refractivity contribution in [2.24, 2.45) is 10.9 Å². The number of thiophene rings is 1. The first-order valence-corrected chi connectivity index (χ1v) is 11.3. The zero-order valence-corrected chi connectivity index (χ0v) is 18.4. The number of carbonyl (C=O) groups is 2. The van der Waals surface area contributed by atoms with Gasteiger partial charge in [0.15, 0.2) is 17.3 Å². The summed E-state index contributed by atoms with van der Waals surface area (Å²) in [5.74, 6) is -0.476. The molecule has 0 saturated heterocycles. The number of nitriles is 1. The quantitative estimate of drug-likeness (QED) is 0.477. The lowest BCUT2D eigenvalue weighted by molar-refractivity contribution is -0.143. The van der Waals surface area contributed by atoms with E-state index in [0.717, 1.165) is 4.88 Å². The van der Waals surface area contributed by atoms with Gasteiger partial charge in [0.1, 0.15) is 10.9 Å². The van der Waals surface area contributed by atoms with Crippen LogP contribution in [-0.2, 0) is 9.53 Å². The van der Waals surface area contributed by atoms with Gasteiger partial charge in [-0.15, -0.1) is 11.3 Å². The van der Waals surface area contributed by atoms with Gasteiger partial charge in [-0.25, -0.2) is 4.99 Å². The van der Waals surface area contributed by atoms with E-state index < -0.39 is 17.8 Å². The van der Waals surface area contributed by atoms with E-state index in [4.69, 9.17) is 14.2 Å². The molecule has 1 unspecified atom stereocenters. The Morgan fingerprint density at radius 3 is 2.84 bits per heavy atom. The first-order chi connectivity index (χ1) is 15.0. The minimum Gasteiger partial charge on any atom is -0.468 e. The average Bonchev–Trinajstić information content (AvgIpc) is 3.47. The number of benzene rings is 1. The van der Waals surface area contributed by atoms with Crippen LogP contribution in [0.1, 0.15) is 28.1 Å². The summed E-state index contributed by atoms with van der Waals surface area (Å²) in [6, 6.07) is 11.0. The Balaban J connectivity index is 1.61. The van der Waals surface area contributed by atoms with Gasteiger partial charge < -0.3 is 14.2 Å². The third kappa shape index (κ3) is 4.09. The van der Waals surface area contributed by atoms with E-state index in [1.807, 2.05) is 17.5 Å². The highest BCUT2D eigenvalue weighted by molar-refractivity contribution is 8.03. The molecule has 1 aromatic carbocycles. The van der Waals surface area contributed by atoms with Crippen LogP contribution in [0.5, 0.6) is 11.5 Å². The highest BCUT2D eigenvalue weighted by Crippen LogP contribution is 2.43. The number of Topliss-reactive ketones (excluding diaryl/α,β-unsaturated/α-hetero) is 1. The normalized spacial score (nSPS) is 19.6.